The molecule has 0 aliphatic rings. The van der Waals surface area contributed by atoms with E-state index in [9.17, 15) is 4.79 Å². The van der Waals surface area contributed by atoms with Gasteiger partial charge in [-0.25, -0.2) is 0 Å². The van der Waals surface area contributed by atoms with Crippen LogP contribution in [0.3, 0.4) is 0 Å². The highest BCUT2D eigenvalue weighted by Crippen LogP contribution is 1.64. The van der Waals surface area contributed by atoms with E-state index in [0.717, 1.165) is 0 Å². The minimum atomic E-state index is -0.948. The molecule has 0 bridgehead atoms. The number of carbonyl (C=O) groups is 1. The Morgan fingerprint density at radius 1 is 1.67 bits per heavy atom. The van der Waals surface area contributed by atoms with Gasteiger partial charge < -0.3 is 14.9 Å². The SMILES string of the molecule is O=C(O)CNCOCO. The quantitative estimate of drug-likeness (QED) is 0.318. The maximum atomic E-state index is 9.78. The van der Waals surface area contributed by atoms with Crippen LogP contribution in [0.5, 0.6) is 0 Å². The molecule has 0 heterocycles. The van der Waals surface area contributed by atoms with Crippen LogP contribution in [0.1, 0.15) is 0 Å². The Hall–Kier alpha value is -0.650. The molecule has 0 aromatic heterocycles. The van der Waals surface area contributed by atoms with Crippen molar-refractivity contribution in [1.29, 1.82) is 0 Å². The molecule has 0 unspecified atom stereocenters. The van der Waals surface area contributed by atoms with E-state index in [2.05, 4.69) is 10.1 Å². The summed E-state index contributed by atoms with van der Waals surface area (Å²) in [7, 11) is 0. The monoisotopic (exact) mass is 135 g/mol. The van der Waals surface area contributed by atoms with E-state index in [4.69, 9.17) is 10.2 Å². The fraction of sp³-hybridized carbons (Fsp3) is 0.750. The second-order valence-corrected chi connectivity index (χ2v) is 1.30. The Bertz CT molecular complexity index is 84.6. The molecule has 0 aliphatic heterocycles. The number of ether oxygens (including phenoxy) is 1. The van der Waals surface area contributed by atoms with Crippen molar-refractivity contribution in [2.45, 2.75) is 0 Å². The molecule has 0 aliphatic carbocycles. The first-order chi connectivity index (χ1) is 4.27. The predicted octanol–water partition coefficient (Wildman–Crippen LogP) is -1.42. The number of aliphatic carboxylic acids is 1. The predicted molar refractivity (Wildman–Crippen MR) is 28.7 cm³/mol. The molecule has 0 radical (unpaired) electrons. The minimum absolute atomic E-state index is 0.0583. The summed E-state index contributed by atoms with van der Waals surface area (Å²) < 4.78 is 4.36. The molecule has 0 aromatic rings. The summed E-state index contributed by atoms with van der Waals surface area (Å²) in [4.78, 5) is 9.78. The highest BCUT2D eigenvalue weighted by atomic mass is 16.6. The van der Waals surface area contributed by atoms with Crippen LogP contribution in [0, 0.1) is 0 Å². The zero-order chi connectivity index (χ0) is 7.11. The smallest absolute Gasteiger partial charge is 0.317 e. The van der Waals surface area contributed by atoms with Crippen molar-refractivity contribution in [3.63, 3.8) is 0 Å². The largest absolute Gasteiger partial charge is 0.480 e. The lowest BCUT2D eigenvalue weighted by Crippen LogP contribution is -2.25. The number of carboxylic acids is 1. The first-order valence-corrected chi connectivity index (χ1v) is 2.38. The van der Waals surface area contributed by atoms with E-state index in [1.165, 1.54) is 0 Å². The van der Waals surface area contributed by atoms with Gasteiger partial charge in [-0.2, -0.15) is 0 Å². The molecule has 54 valence electrons. The van der Waals surface area contributed by atoms with Crippen molar-refractivity contribution < 1.29 is 19.7 Å². The molecule has 5 heteroatoms. The molecule has 0 fully saturated rings. The lowest BCUT2D eigenvalue weighted by Gasteiger charge is -1.98. The van der Waals surface area contributed by atoms with Crippen LogP contribution in [0.15, 0.2) is 0 Å². The van der Waals surface area contributed by atoms with Crippen LogP contribution in [0.25, 0.3) is 0 Å². The molecular formula is C4H9NO4. The normalized spacial score (nSPS) is 9.44. The van der Waals surface area contributed by atoms with Crippen molar-refractivity contribution in [3.8, 4) is 0 Å². The molecule has 0 amide bonds. The minimum Gasteiger partial charge on any atom is -0.480 e. The average Bonchev–Trinajstić information content (AvgIpc) is 1.80. The van der Waals surface area contributed by atoms with Crippen LogP contribution in [-0.2, 0) is 9.53 Å². The second-order valence-electron chi connectivity index (χ2n) is 1.30. The fourth-order valence-electron chi connectivity index (χ4n) is 0.276. The maximum Gasteiger partial charge on any atom is 0.317 e. The Morgan fingerprint density at radius 3 is 2.78 bits per heavy atom. The van der Waals surface area contributed by atoms with Gasteiger partial charge in [0.2, 0.25) is 0 Å². The first-order valence-electron chi connectivity index (χ1n) is 2.38. The third kappa shape index (κ3) is 7.35. The molecule has 0 aromatic carbocycles. The number of aliphatic hydroxyl groups is 1. The van der Waals surface area contributed by atoms with E-state index in [1.807, 2.05) is 0 Å². The molecule has 0 rings (SSSR count). The van der Waals surface area contributed by atoms with Crippen LogP contribution < -0.4 is 5.32 Å². The molecule has 0 saturated carbocycles. The highest BCUT2D eigenvalue weighted by molar-refractivity contribution is 5.68. The van der Waals surface area contributed by atoms with Crippen molar-refractivity contribution >= 4 is 5.97 Å². The number of hydrogen-bond acceptors (Lipinski definition) is 4. The number of aliphatic hydroxyl groups excluding tert-OH is 1. The van der Waals surface area contributed by atoms with Gasteiger partial charge in [-0.3, -0.25) is 10.1 Å². The molecule has 0 saturated heterocycles. The van der Waals surface area contributed by atoms with Gasteiger partial charge >= 0.3 is 5.97 Å². The second kappa shape index (κ2) is 5.49. The summed E-state index contributed by atoms with van der Waals surface area (Å²) >= 11 is 0. The molecule has 3 N–H and O–H groups in total. The van der Waals surface area contributed by atoms with E-state index >= 15 is 0 Å². The average molecular weight is 135 g/mol. The Balaban J connectivity index is 2.83. The molecular weight excluding hydrogens is 126 g/mol. The van der Waals surface area contributed by atoms with Gasteiger partial charge in [-0.15, -0.1) is 0 Å². The highest BCUT2D eigenvalue weighted by Gasteiger charge is 1.92. The summed E-state index contributed by atoms with van der Waals surface area (Å²) in [5.74, 6) is -0.948. The summed E-state index contributed by atoms with van der Waals surface area (Å²) in [6.07, 6.45) is 0. The first kappa shape index (κ1) is 8.35. The van der Waals surface area contributed by atoms with E-state index in [1.54, 1.807) is 0 Å². The van der Waals surface area contributed by atoms with Crippen molar-refractivity contribution in [2.24, 2.45) is 0 Å². The maximum absolute atomic E-state index is 9.78. The molecule has 5 nitrogen and oxygen atoms in total. The van der Waals surface area contributed by atoms with E-state index in [-0.39, 0.29) is 13.3 Å². The number of rotatable bonds is 5. The van der Waals surface area contributed by atoms with Crippen molar-refractivity contribution in [2.75, 3.05) is 20.1 Å². The lowest BCUT2D eigenvalue weighted by atomic mass is 10.7. The van der Waals surface area contributed by atoms with Gasteiger partial charge in [0.05, 0.1) is 13.3 Å². The third-order valence-electron chi connectivity index (χ3n) is 0.572. The van der Waals surface area contributed by atoms with E-state index in [0.29, 0.717) is 0 Å². The molecule has 0 spiro atoms. The van der Waals surface area contributed by atoms with Gasteiger partial charge in [0.25, 0.3) is 0 Å². The summed E-state index contributed by atoms with van der Waals surface area (Å²) in [6, 6.07) is 0. The zero-order valence-corrected chi connectivity index (χ0v) is 4.83. The Labute approximate surface area is 52.2 Å². The molecule has 0 atom stereocenters. The van der Waals surface area contributed by atoms with Gasteiger partial charge in [0.1, 0.15) is 6.79 Å². The topological polar surface area (TPSA) is 78.8 Å². The van der Waals surface area contributed by atoms with Gasteiger partial charge in [-0.05, 0) is 0 Å². The molecule has 9 heavy (non-hydrogen) atoms. The Kier molecular flexibility index (Phi) is 5.09. The van der Waals surface area contributed by atoms with Crippen molar-refractivity contribution in [1.82, 2.24) is 5.32 Å². The summed E-state index contributed by atoms with van der Waals surface area (Å²) in [5, 5.41) is 18.5. The third-order valence-corrected chi connectivity index (χ3v) is 0.572. The van der Waals surface area contributed by atoms with Gasteiger partial charge in [0.15, 0.2) is 0 Å². The van der Waals surface area contributed by atoms with Crippen molar-refractivity contribution in [3.05, 3.63) is 0 Å². The Morgan fingerprint density at radius 2 is 2.33 bits per heavy atom. The van der Waals surface area contributed by atoms with Crippen LogP contribution in [0.4, 0.5) is 0 Å². The zero-order valence-electron chi connectivity index (χ0n) is 4.83. The van der Waals surface area contributed by atoms with Crippen LogP contribution in [-0.4, -0.2) is 36.3 Å². The van der Waals surface area contributed by atoms with Gasteiger partial charge in [-0.1, -0.05) is 0 Å². The summed E-state index contributed by atoms with van der Waals surface area (Å²) in [6.45, 7) is -0.491. The lowest BCUT2D eigenvalue weighted by molar-refractivity contribution is -0.136. The number of hydrogen-bond donors (Lipinski definition) is 3. The van der Waals surface area contributed by atoms with Crippen LogP contribution in [0.2, 0.25) is 0 Å². The summed E-state index contributed by atoms with van der Waals surface area (Å²) in [5.41, 5.74) is 0. The van der Waals surface area contributed by atoms with Crippen LogP contribution >= 0.6 is 0 Å². The van der Waals surface area contributed by atoms with E-state index < -0.39 is 12.8 Å². The fourth-order valence-corrected chi connectivity index (χ4v) is 0.276. The van der Waals surface area contributed by atoms with Gasteiger partial charge in [0, 0.05) is 0 Å². The standard InChI is InChI=1S/C4H9NO4/c6-3-9-2-5-1-4(7)8/h5-6H,1-3H2,(H,7,8). The number of carboxylic acid groups (broad SMARTS) is 1. The number of nitrogens with one attached hydrogen (secondary N) is 1.